The van der Waals surface area contributed by atoms with Crippen LogP contribution < -0.4 is 4.74 Å². The summed E-state index contributed by atoms with van der Waals surface area (Å²) in [6.45, 7) is 1.55. The van der Waals surface area contributed by atoms with Crippen molar-refractivity contribution in [1.82, 2.24) is 0 Å². The van der Waals surface area contributed by atoms with Crippen molar-refractivity contribution < 1.29 is 35.3 Å². The van der Waals surface area contributed by atoms with Gasteiger partial charge in [-0.25, -0.2) is 8.78 Å². The molecular weight excluding hydrogens is 292 g/mol. The number of ether oxygens (including phenoxy) is 1. The standard InChI is InChI=1S/C10H10F4O4S/c1-2-3-4-18-9-5(11)7(13)10(19(15,16)17)8(14)6(9)12/h2-4H2,1H3,(H,15,16,17). The highest BCUT2D eigenvalue weighted by Crippen LogP contribution is 2.32. The Morgan fingerprint density at radius 1 is 1.05 bits per heavy atom. The van der Waals surface area contributed by atoms with Crippen LogP contribution in [-0.4, -0.2) is 19.6 Å². The van der Waals surface area contributed by atoms with Gasteiger partial charge in [0, 0.05) is 0 Å². The van der Waals surface area contributed by atoms with E-state index in [4.69, 9.17) is 4.55 Å². The predicted octanol–water partition coefficient (Wildman–Crippen LogP) is 2.67. The predicted molar refractivity (Wildman–Crippen MR) is 56.5 cm³/mol. The maximum absolute atomic E-state index is 13.4. The Morgan fingerprint density at radius 2 is 1.53 bits per heavy atom. The fraction of sp³-hybridized carbons (Fsp3) is 0.400. The zero-order valence-corrected chi connectivity index (χ0v) is 10.5. The zero-order valence-electron chi connectivity index (χ0n) is 9.71. The molecule has 0 aliphatic rings. The first-order valence-electron chi connectivity index (χ1n) is 5.18. The third kappa shape index (κ3) is 3.16. The smallest absolute Gasteiger partial charge is 0.300 e. The third-order valence-electron chi connectivity index (χ3n) is 2.19. The summed E-state index contributed by atoms with van der Waals surface area (Å²) in [6.07, 6.45) is 0.986. The molecule has 108 valence electrons. The van der Waals surface area contributed by atoms with E-state index in [-0.39, 0.29) is 6.61 Å². The zero-order chi connectivity index (χ0) is 14.8. The lowest BCUT2D eigenvalue weighted by Gasteiger charge is -2.11. The lowest BCUT2D eigenvalue weighted by molar-refractivity contribution is 0.261. The molecule has 1 aromatic rings. The molecule has 4 nitrogen and oxygen atoms in total. The molecule has 0 saturated carbocycles. The molecule has 0 spiro atoms. The van der Waals surface area contributed by atoms with Gasteiger partial charge in [0.2, 0.25) is 11.6 Å². The minimum atomic E-state index is -5.44. The Balaban J connectivity index is 3.40. The lowest BCUT2D eigenvalue weighted by atomic mass is 10.3. The molecule has 1 aromatic carbocycles. The molecule has 0 bridgehead atoms. The van der Waals surface area contributed by atoms with Gasteiger partial charge in [-0.3, -0.25) is 4.55 Å². The van der Waals surface area contributed by atoms with Gasteiger partial charge in [-0.2, -0.15) is 17.2 Å². The average Bonchev–Trinajstić information content (AvgIpc) is 2.29. The Morgan fingerprint density at radius 3 is 1.89 bits per heavy atom. The van der Waals surface area contributed by atoms with Gasteiger partial charge in [0.1, 0.15) is 0 Å². The monoisotopic (exact) mass is 302 g/mol. The van der Waals surface area contributed by atoms with Gasteiger partial charge >= 0.3 is 10.1 Å². The molecule has 0 heterocycles. The molecule has 0 fully saturated rings. The second-order valence-corrected chi connectivity index (χ2v) is 4.95. The van der Waals surface area contributed by atoms with Gasteiger partial charge in [0.25, 0.3) is 0 Å². The van der Waals surface area contributed by atoms with Crippen molar-refractivity contribution in [3.8, 4) is 5.75 Å². The highest BCUT2D eigenvalue weighted by atomic mass is 32.2. The molecule has 0 radical (unpaired) electrons. The minimum Gasteiger partial charge on any atom is -0.487 e. The van der Waals surface area contributed by atoms with Crippen molar-refractivity contribution in [3.63, 3.8) is 0 Å². The molecule has 0 aliphatic carbocycles. The van der Waals surface area contributed by atoms with Crippen LogP contribution in [0.2, 0.25) is 0 Å². The summed E-state index contributed by atoms with van der Waals surface area (Å²) in [4.78, 5) is -2.08. The number of hydrogen-bond acceptors (Lipinski definition) is 3. The average molecular weight is 302 g/mol. The van der Waals surface area contributed by atoms with E-state index in [1.54, 1.807) is 6.92 Å². The van der Waals surface area contributed by atoms with Gasteiger partial charge in [-0.15, -0.1) is 0 Å². The van der Waals surface area contributed by atoms with Crippen LogP contribution >= 0.6 is 0 Å². The van der Waals surface area contributed by atoms with Crippen molar-refractivity contribution in [1.29, 1.82) is 0 Å². The fourth-order valence-corrected chi connectivity index (χ4v) is 1.90. The van der Waals surface area contributed by atoms with E-state index in [1.165, 1.54) is 0 Å². The Kier molecular flexibility index (Phi) is 4.75. The van der Waals surface area contributed by atoms with Gasteiger partial charge in [0.15, 0.2) is 22.3 Å². The van der Waals surface area contributed by atoms with Gasteiger partial charge < -0.3 is 4.74 Å². The van der Waals surface area contributed by atoms with E-state index in [0.717, 1.165) is 0 Å². The summed E-state index contributed by atoms with van der Waals surface area (Å²) in [6, 6.07) is 0. The van der Waals surface area contributed by atoms with Crippen LogP contribution in [0, 0.1) is 23.3 Å². The normalized spacial score (nSPS) is 11.7. The van der Waals surface area contributed by atoms with Gasteiger partial charge in [-0.1, -0.05) is 13.3 Å². The SMILES string of the molecule is CCCCOc1c(F)c(F)c(S(=O)(=O)O)c(F)c1F. The van der Waals surface area contributed by atoms with E-state index < -0.39 is 44.0 Å². The Hall–Kier alpha value is -1.35. The fourth-order valence-electron chi connectivity index (χ4n) is 1.26. The van der Waals surface area contributed by atoms with Crippen LogP contribution in [0.1, 0.15) is 19.8 Å². The third-order valence-corrected chi connectivity index (χ3v) is 3.06. The van der Waals surface area contributed by atoms with E-state index >= 15 is 0 Å². The Labute approximate surface area is 106 Å². The van der Waals surface area contributed by atoms with Crippen molar-refractivity contribution >= 4 is 10.1 Å². The number of hydrogen-bond donors (Lipinski definition) is 1. The first-order chi connectivity index (χ1) is 8.71. The second-order valence-electron chi connectivity index (χ2n) is 3.59. The summed E-state index contributed by atoms with van der Waals surface area (Å²) < 4.78 is 87.7. The molecule has 0 aliphatic heterocycles. The lowest BCUT2D eigenvalue weighted by Crippen LogP contribution is -2.12. The quantitative estimate of drug-likeness (QED) is 0.393. The maximum Gasteiger partial charge on any atom is 0.300 e. The van der Waals surface area contributed by atoms with Crippen LogP contribution in [0.3, 0.4) is 0 Å². The number of rotatable bonds is 5. The van der Waals surface area contributed by atoms with Crippen molar-refractivity contribution in [3.05, 3.63) is 23.3 Å². The Bertz CT molecular complexity index is 557. The van der Waals surface area contributed by atoms with Crippen molar-refractivity contribution in [2.75, 3.05) is 6.61 Å². The van der Waals surface area contributed by atoms with E-state index in [1.807, 2.05) is 0 Å². The van der Waals surface area contributed by atoms with Crippen molar-refractivity contribution in [2.45, 2.75) is 24.7 Å². The van der Waals surface area contributed by atoms with Crippen LogP contribution in [0.5, 0.6) is 5.75 Å². The van der Waals surface area contributed by atoms with Gasteiger partial charge in [0.05, 0.1) is 6.61 Å². The van der Waals surface area contributed by atoms with E-state index in [9.17, 15) is 26.0 Å². The number of benzene rings is 1. The number of unbranched alkanes of at least 4 members (excludes halogenated alkanes) is 1. The molecule has 19 heavy (non-hydrogen) atoms. The van der Waals surface area contributed by atoms with Crippen LogP contribution in [-0.2, 0) is 10.1 Å². The van der Waals surface area contributed by atoms with E-state index in [0.29, 0.717) is 12.8 Å². The molecule has 0 aromatic heterocycles. The van der Waals surface area contributed by atoms with Crippen LogP contribution in [0.15, 0.2) is 4.90 Å². The maximum atomic E-state index is 13.4. The number of halogens is 4. The first-order valence-corrected chi connectivity index (χ1v) is 6.62. The summed E-state index contributed by atoms with van der Waals surface area (Å²) in [7, 11) is -5.44. The molecule has 1 rings (SSSR count). The topological polar surface area (TPSA) is 63.6 Å². The first kappa shape index (κ1) is 15.7. The highest BCUT2D eigenvalue weighted by molar-refractivity contribution is 7.85. The highest BCUT2D eigenvalue weighted by Gasteiger charge is 2.33. The van der Waals surface area contributed by atoms with Crippen molar-refractivity contribution in [2.24, 2.45) is 0 Å². The second kappa shape index (κ2) is 5.74. The largest absolute Gasteiger partial charge is 0.487 e. The minimum absolute atomic E-state index is 0.200. The van der Waals surface area contributed by atoms with Crippen LogP contribution in [0.4, 0.5) is 17.6 Å². The molecule has 0 saturated heterocycles. The molecule has 9 heteroatoms. The van der Waals surface area contributed by atoms with Gasteiger partial charge in [-0.05, 0) is 6.42 Å². The molecule has 0 amide bonds. The molecule has 0 unspecified atom stereocenters. The molecular formula is C10H10F4O4S. The molecule has 0 atom stereocenters. The molecule has 1 N–H and O–H groups in total. The summed E-state index contributed by atoms with van der Waals surface area (Å²) >= 11 is 0. The summed E-state index contributed by atoms with van der Waals surface area (Å²) in [5.41, 5.74) is 0. The summed E-state index contributed by atoms with van der Waals surface area (Å²) in [5, 5.41) is 0. The van der Waals surface area contributed by atoms with Crippen LogP contribution in [0.25, 0.3) is 0 Å². The summed E-state index contributed by atoms with van der Waals surface area (Å²) in [5.74, 6) is -9.83. The van der Waals surface area contributed by atoms with E-state index in [2.05, 4.69) is 4.74 Å².